The van der Waals surface area contributed by atoms with Crippen molar-refractivity contribution >= 4 is 27.5 Å². The predicted octanol–water partition coefficient (Wildman–Crippen LogP) is 2.76. The van der Waals surface area contributed by atoms with Crippen molar-refractivity contribution in [3.8, 4) is 0 Å². The second kappa shape index (κ2) is 6.67. The number of aromatic nitrogens is 1. The first-order chi connectivity index (χ1) is 12.1. The Kier molecular flexibility index (Phi) is 4.52. The fraction of sp³-hybridized carbons (Fsp3) is 0.579. The maximum atomic E-state index is 12.8. The molecule has 3 atom stereocenters. The molecular formula is C19H24N2O3S. The predicted molar refractivity (Wildman–Crippen MR) is 97.7 cm³/mol. The Balaban J connectivity index is 1.44. The van der Waals surface area contributed by atoms with Gasteiger partial charge in [0.1, 0.15) is 0 Å². The molecule has 1 amide bonds. The monoisotopic (exact) mass is 360 g/mol. The number of aliphatic hydroxyl groups excluding tert-OH is 1. The van der Waals surface area contributed by atoms with Gasteiger partial charge in [-0.2, -0.15) is 0 Å². The highest BCUT2D eigenvalue weighted by atomic mass is 32.1. The quantitative estimate of drug-likeness (QED) is 0.911. The van der Waals surface area contributed by atoms with Crippen LogP contribution in [0.1, 0.15) is 37.1 Å². The minimum atomic E-state index is -0.328. The SMILES string of the molecule is COC12CCC(O)CC1N(C(=O)CCc1nc3ccccc3s1)CC2. The molecule has 134 valence electrons. The summed E-state index contributed by atoms with van der Waals surface area (Å²) in [4.78, 5) is 19.4. The van der Waals surface area contributed by atoms with Crippen LogP contribution in [0.15, 0.2) is 24.3 Å². The van der Waals surface area contributed by atoms with Crippen LogP contribution in [0.4, 0.5) is 0 Å². The molecule has 1 saturated heterocycles. The minimum absolute atomic E-state index is 0.00381. The van der Waals surface area contributed by atoms with E-state index in [1.54, 1.807) is 18.4 Å². The minimum Gasteiger partial charge on any atom is -0.393 e. The summed E-state index contributed by atoms with van der Waals surface area (Å²) in [5.41, 5.74) is 0.745. The second-order valence-electron chi connectivity index (χ2n) is 7.13. The summed E-state index contributed by atoms with van der Waals surface area (Å²) in [5.74, 6) is 0.150. The molecule has 1 aliphatic heterocycles. The number of amides is 1. The molecule has 25 heavy (non-hydrogen) atoms. The number of aliphatic hydroxyl groups is 1. The van der Waals surface area contributed by atoms with Crippen LogP contribution in [0.2, 0.25) is 0 Å². The average Bonchev–Trinajstić information content (AvgIpc) is 3.21. The van der Waals surface area contributed by atoms with E-state index in [1.165, 1.54) is 4.70 Å². The molecule has 2 fully saturated rings. The van der Waals surface area contributed by atoms with Gasteiger partial charge in [0.05, 0.1) is 33.0 Å². The first kappa shape index (κ1) is 16.9. The van der Waals surface area contributed by atoms with Gasteiger partial charge in [-0.25, -0.2) is 4.98 Å². The number of benzene rings is 1. The van der Waals surface area contributed by atoms with Gasteiger partial charge >= 0.3 is 0 Å². The maximum Gasteiger partial charge on any atom is 0.223 e. The van der Waals surface area contributed by atoms with Crippen molar-refractivity contribution in [3.05, 3.63) is 29.3 Å². The second-order valence-corrected chi connectivity index (χ2v) is 8.24. The molecular weight excluding hydrogens is 336 g/mol. The third-order valence-electron chi connectivity index (χ3n) is 5.77. The molecule has 6 heteroatoms. The Morgan fingerprint density at radius 3 is 3.08 bits per heavy atom. The molecule has 0 spiro atoms. The lowest BCUT2D eigenvalue weighted by Gasteiger charge is -2.42. The van der Waals surface area contributed by atoms with Crippen LogP contribution in [0.25, 0.3) is 10.2 Å². The van der Waals surface area contributed by atoms with Crippen molar-refractivity contribution in [1.82, 2.24) is 9.88 Å². The number of fused-ring (bicyclic) bond motifs is 2. The normalized spacial score (nSPS) is 29.1. The number of nitrogens with zero attached hydrogens (tertiary/aromatic N) is 2. The Morgan fingerprint density at radius 2 is 2.28 bits per heavy atom. The average molecular weight is 360 g/mol. The molecule has 4 rings (SSSR count). The van der Waals surface area contributed by atoms with Gasteiger partial charge in [0.15, 0.2) is 0 Å². The first-order valence-electron chi connectivity index (χ1n) is 8.98. The molecule has 1 N–H and O–H groups in total. The van der Waals surface area contributed by atoms with Gasteiger partial charge in [0.2, 0.25) is 5.91 Å². The summed E-state index contributed by atoms with van der Waals surface area (Å²) in [7, 11) is 1.74. The van der Waals surface area contributed by atoms with Crippen LogP contribution < -0.4 is 0 Å². The highest BCUT2D eigenvalue weighted by Gasteiger charge is 2.52. The molecule has 1 saturated carbocycles. The van der Waals surface area contributed by atoms with E-state index in [0.717, 1.165) is 36.3 Å². The van der Waals surface area contributed by atoms with Crippen molar-refractivity contribution in [1.29, 1.82) is 0 Å². The van der Waals surface area contributed by atoms with E-state index in [1.807, 2.05) is 23.1 Å². The van der Waals surface area contributed by atoms with Crippen LogP contribution in [-0.4, -0.2) is 52.3 Å². The van der Waals surface area contributed by atoms with E-state index in [-0.39, 0.29) is 23.7 Å². The number of aryl methyl sites for hydroxylation is 1. The third kappa shape index (κ3) is 3.07. The third-order valence-corrected chi connectivity index (χ3v) is 6.87. The first-order valence-corrected chi connectivity index (χ1v) is 9.80. The number of carbonyl (C=O) groups excluding carboxylic acids is 1. The number of para-hydroxylation sites is 1. The molecule has 2 heterocycles. The Hall–Kier alpha value is -1.50. The lowest BCUT2D eigenvalue weighted by molar-refractivity contribution is -0.139. The molecule has 2 aliphatic rings. The molecule has 0 radical (unpaired) electrons. The van der Waals surface area contributed by atoms with Crippen molar-refractivity contribution in [2.45, 2.75) is 56.3 Å². The summed E-state index contributed by atoms with van der Waals surface area (Å²) < 4.78 is 6.99. The standard InChI is InChI=1S/C19H24N2O3S/c1-24-19-9-8-13(22)12-16(19)21(11-10-19)18(23)7-6-17-20-14-4-2-3-5-15(14)25-17/h2-5,13,16,22H,6-12H2,1H3. The number of hydrogen-bond donors (Lipinski definition) is 1. The molecule has 1 aliphatic carbocycles. The van der Waals surface area contributed by atoms with E-state index in [0.29, 0.717) is 19.3 Å². The molecule has 2 aromatic rings. The van der Waals surface area contributed by atoms with Gasteiger partial charge in [0, 0.05) is 26.5 Å². The number of hydrogen-bond acceptors (Lipinski definition) is 5. The Labute approximate surface area is 151 Å². The smallest absolute Gasteiger partial charge is 0.223 e. The highest BCUT2D eigenvalue weighted by molar-refractivity contribution is 7.18. The largest absolute Gasteiger partial charge is 0.393 e. The highest BCUT2D eigenvalue weighted by Crippen LogP contribution is 2.42. The lowest BCUT2D eigenvalue weighted by Crippen LogP contribution is -2.52. The van der Waals surface area contributed by atoms with E-state index < -0.39 is 0 Å². The lowest BCUT2D eigenvalue weighted by atomic mass is 9.79. The zero-order valence-corrected chi connectivity index (χ0v) is 15.3. The molecule has 1 aromatic heterocycles. The maximum absolute atomic E-state index is 12.8. The topological polar surface area (TPSA) is 62.7 Å². The van der Waals surface area contributed by atoms with Crippen LogP contribution in [-0.2, 0) is 16.0 Å². The molecule has 0 bridgehead atoms. The molecule has 5 nitrogen and oxygen atoms in total. The number of rotatable bonds is 4. The van der Waals surface area contributed by atoms with Gasteiger partial charge < -0.3 is 14.7 Å². The Bertz CT molecular complexity index is 744. The summed E-state index contributed by atoms with van der Waals surface area (Å²) in [6.45, 7) is 0.726. The van der Waals surface area contributed by atoms with Crippen LogP contribution in [0.3, 0.4) is 0 Å². The van der Waals surface area contributed by atoms with Gasteiger partial charge in [-0.15, -0.1) is 11.3 Å². The van der Waals surface area contributed by atoms with Crippen LogP contribution in [0, 0.1) is 0 Å². The van der Waals surface area contributed by atoms with Crippen LogP contribution in [0.5, 0.6) is 0 Å². The van der Waals surface area contributed by atoms with Crippen molar-refractivity contribution in [2.75, 3.05) is 13.7 Å². The van der Waals surface area contributed by atoms with Gasteiger partial charge in [-0.05, 0) is 37.8 Å². The van der Waals surface area contributed by atoms with E-state index >= 15 is 0 Å². The number of likely N-dealkylation sites (tertiary alicyclic amines) is 1. The van der Waals surface area contributed by atoms with Crippen molar-refractivity contribution < 1.29 is 14.6 Å². The summed E-state index contributed by atoms with van der Waals surface area (Å²) in [6.07, 6.45) is 3.89. The zero-order chi connectivity index (χ0) is 17.4. The Morgan fingerprint density at radius 1 is 1.44 bits per heavy atom. The number of methoxy groups -OCH3 is 1. The number of thiazole rings is 1. The zero-order valence-electron chi connectivity index (χ0n) is 14.5. The number of carbonyl (C=O) groups is 1. The van der Waals surface area contributed by atoms with E-state index in [2.05, 4.69) is 11.1 Å². The fourth-order valence-corrected chi connectivity index (χ4v) is 5.33. The number of ether oxygens (including phenoxy) is 1. The van der Waals surface area contributed by atoms with Crippen molar-refractivity contribution in [3.63, 3.8) is 0 Å². The summed E-state index contributed by atoms with van der Waals surface area (Å²) >= 11 is 1.66. The molecule has 3 unspecified atom stereocenters. The van der Waals surface area contributed by atoms with Gasteiger partial charge in [-0.3, -0.25) is 4.79 Å². The summed E-state index contributed by atoms with van der Waals surface area (Å²) in [5, 5.41) is 11.1. The van der Waals surface area contributed by atoms with Crippen LogP contribution >= 0.6 is 11.3 Å². The van der Waals surface area contributed by atoms with Gasteiger partial charge in [0.25, 0.3) is 0 Å². The summed E-state index contributed by atoms with van der Waals surface area (Å²) in [6, 6.07) is 8.07. The molecule has 1 aromatic carbocycles. The van der Waals surface area contributed by atoms with Gasteiger partial charge in [-0.1, -0.05) is 12.1 Å². The van der Waals surface area contributed by atoms with Crippen molar-refractivity contribution in [2.24, 2.45) is 0 Å². The van der Waals surface area contributed by atoms with E-state index in [4.69, 9.17) is 4.74 Å². The fourth-order valence-electron chi connectivity index (χ4n) is 4.36. The van der Waals surface area contributed by atoms with E-state index in [9.17, 15) is 9.90 Å².